The fraction of sp³-hybridized carbons (Fsp3) is 0.900. The number of thioether (sulfide) groups is 1. The number of hydrogen-bond donors (Lipinski definition) is 1. The Kier molecular flexibility index (Phi) is 3.14. The molecule has 1 saturated heterocycles. The molecule has 0 aromatic rings. The zero-order valence-corrected chi connectivity index (χ0v) is 8.74. The van der Waals surface area contributed by atoms with Gasteiger partial charge in [0.2, 0.25) is 5.91 Å². The quantitative estimate of drug-likeness (QED) is 0.734. The SMILES string of the molecule is O=C(NC1CCSCC1)C1CCC1. The molecule has 1 saturated carbocycles. The smallest absolute Gasteiger partial charge is 0.223 e. The molecule has 1 aliphatic carbocycles. The maximum Gasteiger partial charge on any atom is 0.223 e. The molecule has 0 atom stereocenters. The van der Waals surface area contributed by atoms with Crippen molar-refractivity contribution < 1.29 is 4.79 Å². The van der Waals surface area contributed by atoms with Gasteiger partial charge in [0, 0.05) is 12.0 Å². The molecule has 0 radical (unpaired) electrons. The summed E-state index contributed by atoms with van der Waals surface area (Å²) in [5, 5.41) is 3.17. The molecule has 3 heteroatoms. The van der Waals surface area contributed by atoms with Gasteiger partial charge >= 0.3 is 0 Å². The van der Waals surface area contributed by atoms with Gasteiger partial charge in [-0.25, -0.2) is 0 Å². The molecule has 2 fully saturated rings. The summed E-state index contributed by atoms with van der Waals surface area (Å²) >= 11 is 2.00. The maximum atomic E-state index is 11.6. The second-order valence-electron chi connectivity index (χ2n) is 4.02. The zero-order valence-electron chi connectivity index (χ0n) is 7.92. The Bertz CT molecular complexity index is 185. The second kappa shape index (κ2) is 4.36. The highest BCUT2D eigenvalue weighted by molar-refractivity contribution is 7.99. The molecule has 1 heterocycles. The largest absolute Gasteiger partial charge is 0.353 e. The third-order valence-corrected chi connectivity index (χ3v) is 4.09. The van der Waals surface area contributed by atoms with Crippen molar-refractivity contribution in [3.63, 3.8) is 0 Å². The van der Waals surface area contributed by atoms with Crippen LogP contribution in [0.1, 0.15) is 32.1 Å². The van der Waals surface area contributed by atoms with Crippen LogP contribution in [-0.2, 0) is 4.79 Å². The summed E-state index contributed by atoms with van der Waals surface area (Å²) in [6.45, 7) is 0. The molecule has 1 N–H and O–H groups in total. The summed E-state index contributed by atoms with van der Waals surface area (Å²) < 4.78 is 0. The fourth-order valence-corrected chi connectivity index (χ4v) is 2.94. The van der Waals surface area contributed by atoms with E-state index in [0.29, 0.717) is 17.9 Å². The molecular formula is C10H17NOS. The first-order valence-electron chi connectivity index (χ1n) is 5.24. The molecule has 2 rings (SSSR count). The Morgan fingerprint density at radius 3 is 2.38 bits per heavy atom. The van der Waals surface area contributed by atoms with Crippen LogP contribution >= 0.6 is 11.8 Å². The highest BCUT2D eigenvalue weighted by atomic mass is 32.2. The van der Waals surface area contributed by atoms with Crippen molar-refractivity contribution in [3.8, 4) is 0 Å². The zero-order chi connectivity index (χ0) is 9.10. The van der Waals surface area contributed by atoms with Crippen LogP contribution in [-0.4, -0.2) is 23.5 Å². The van der Waals surface area contributed by atoms with Gasteiger partial charge in [-0.2, -0.15) is 11.8 Å². The lowest BCUT2D eigenvalue weighted by Gasteiger charge is -2.29. The third kappa shape index (κ3) is 2.39. The predicted molar refractivity (Wildman–Crippen MR) is 55.8 cm³/mol. The van der Waals surface area contributed by atoms with E-state index in [1.165, 1.54) is 30.8 Å². The third-order valence-electron chi connectivity index (χ3n) is 3.04. The van der Waals surface area contributed by atoms with Gasteiger partial charge < -0.3 is 5.32 Å². The van der Waals surface area contributed by atoms with Gasteiger partial charge in [0.1, 0.15) is 0 Å². The number of nitrogens with one attached hydrogen (secondary N) is 1. The van der Waals surface area contributed by atoms with E-state index < -0.39 is 0 Å². The van der Waals surface area contributed by atoms with Crippen molar-refractivity contribution in [2.24, 2.45) is 5.92 Å². The summed E-state index contributed by atoms with van der Waals surface area (Å²) in [6, 6.07) is 0.481. The van der Waals surface area contributed by atoms with Crippen LogP contribution in [0.25, 0.3) is 0 Å². The maximum absolute atomic E-state index is 11.6. The Morgan fingerprint density at radius 2 is 1.85 bits per heavy atom. The van der Waals surface area contributed by atoms with Gasteiger partial charge in [-0.3, -0.25) is 4.79 Å². The Morgan fingerprint density at radius 1 is 1.15 bits per heavy atom. The van der Waals surface area contributed by atoms with E-state index in [1.54, 1.807) is 0 Å². The van der Waals surface area contributed by atoms with Crippen molar-refractivity contribution in [1.29, 1.82) is 0 Å². The molecule has 0 unspecified atom stereocenters. The van der Waals surface area contributed by atoms with Crippen molar-refractivity contribution in [2.45, 2.75) is 38.1 Å². The van der Waals surface area contributed by atoms with Gasteiger partial charge in [0.25, 0.3) is 0 Å². The van der Waals surface area contributed by atoms with E-state index in [4.69, 9.17) is 0 Å². The molecular weight excluding hydrogens is 182 g/mol. The molecule has 2 aliphatic rings. The van der Waals surface area contributed by atoms with Gasteiger partial charge in [-0.05, 0) is 37.2 Å². The van der Waals surface area contributed by atoms with E-state index in [2.05, 4.69) is 5.32 Å². The van der Waals surface area contributed by atoms with Crippen LogP contribution in [0.4, 0.5) is 0 Å². The standard InChI is InChI=1S/C10H17NOS/c12-10(8-2-1-3-8)11-9-4-6-13-7-5-9/h8-9H,1-7H2,(H,11,12). The number of amides is 1. The number of carbonyl (C=O) groups excluding carboxylic acids is 1. The van der Waals surface area contributed by atoms with E-state index >= 15 is 0 Å². The summed E-state index contributed by atoms with van der Waals surface area (Å²) in [5.41, 5.74) is 0. The highest BCUT2D eigenvalue weighted by Crippen LogP contribution is 2.27. The van der Waals surface area contributed by atoms with Crippen LogP contribution in [0, 0.1) is 5.92 Å². The molecule has 74 valence electrons. The van der Waals surface area contributed by atoms with Gasteiger partial charge in [-0.15, -0.1) is 0 Å². The van der Waals surface area contributed by atoms with Crippen LogP contribution in [0.15, 0.2) is 0 Å². The van der Waals surface area contributed by atoms with E-state index in [0.717, 1.165) is 12.8 Å². The van der Waals surface area contributed by atoms with E-state index in [1.807, 2.05) is 11.8 Å². The van der Waals surface area contributed by atoms with Crippen LogP contribution in [0.5, 0.6) is 0 Å². The average molecular weight is 199 g/mol. The minimum atomic E-state index is 0.322. The minimum Gasteiger partial charge on any atom is -0.353 e. The van der Waals surface area contributed by atoms with Crippen molar-refractivity contribution in [2.75, 3.05) is 11.5 Å². The first kappa shape index (κ1) is 9.38. The highest BCUT2D eigenvalue weighted by Gasteiger charge is 2.27. The Hall–Kier alpha value is -0.180. The van der Waals surface area contributed by atoms with Crippen LogP contribution in [0.3, 0.4) is 0 Å². The fourth-order valence-electron chi connectivity index (χ4n) is 1.83. The molecule has 0 aromatic carbocycles. The summed E-state index contributed by atoms with van der Waals surface area (Å²) in [7, 11) is 0. The molecule has 1 amide bonds. The lowest BCUT2D eigenvalue weighted by Crippen LogP contribution is -2.42. The first-order chi connectivity index (χ1) is 6.36. The summed E-state index contributed by atoms with van der Waals surface area (Å²) in [4.78, 5) is 11.6. The van der Waals surface area contributed by atoms with E-state index in [-0.39, 0.29) is 0 Å². The number of hydrogen-bond acceptors (Lipinski definition) is 2. The molecule has 0 bridgehead atoms. The van der Waals surface area contributed by atoms with Crippen molar-refractivity contribution in [3.05, 3.63) is 0 Å². The molecule has 2 nitrogen and oxygen atoms in total. The average Bonchev–Trinajstić information content (AvgIpc) is 2.02. The lowest BCUT2D eigenvalue weighted by atomic mass is 9.84. The lowest BCUT2D eigenvalue weighted by molar-refractivity contribution is -0.128. The second-order valence-corrected chi connectivity index (χ2v) is 5.25. The monoisotopic (exact) mass is 199 g/mol. The molecule has 0 aromatic heterocycles. The van der Waals surface area contributed by atoms with Crippen molar-refractivity contribution in [1.82, 2.24) is 5.32 Å². The predicted octanol–water partition coefficient (Wildman–Crippen LogP) is 1.80. The normalized spacial score (nSPS) is 25.2. The van der Waals surface area contributed by atoms with Crippen molar-refractivity contribution >= 4 is 17.7 Å². The van der Waals surface area contributed by atoms with E-state index in [9.17, 15) is 4.79 Å². The van der Waals surface area contributed by atoms with Gasteiger partial charge in [0.15, 0.2) is 0 Å². The first-order valence-corrected chi connectivity index (χ1v) is 6.40. The van der Waals surface area contributed by atoms with Gasteiger partial charge in [-0.1, -0.05) is 6.42 Å². The number of carbonyl (C=O) groups is 1. The molecule has 0 spiro atoms. The van der Waals surface area contributed by atoms with Crippen LogP contribution < -0.4 is 5.32 Å². The summed E-state index contributed by atoms with van der Waals surface area (Å²) in [6.07, 6.45) is 5.82. The molecule has 13 heavy (non-hydrogen) atoms. The Labute approximate surface area is 83.8 Å². The minimum absolute atomic E-state index is 0.322. The number of rotatable bonds is 2. The summed E-state index contributed by atoms with van der Waals surface area (Å²) in [5.74, 6) is 3.11. The Balaban J connectivity index is 1.72. The van der Waals surface area contributed by atoms with Crippen LogP contribution in [0.2, 0.25) is 0 Å². The molecule has 1 aliphatic heterocycles. The topological polar surface area (TPSA) is 29.1 Å². The van der Waals surface area contributed by atoms with Gasteiger partial charge in [0.05, 0.1) is 0 Å².